The van der Waals surface area contributed by atoms with Crippen LogP contribution < -0.4 is 5.73 Å². The van der Waals surface area contributed by atoms with Gasteiger partial charge in [0.05, 0.1) is 12.2 Å². The van der Waals surface area contributed by atoms with Gasteiger partial charge in [0, 0.05) is 18.8 Å². The number of aliphatic hydroxyl groups is 1. The zero-order valence-corrected chi connectivity index (χ0v) is 10.8. The van der Waals surface area contributed by atoms with E-state index in [4.69, 9.17) is 16.1 Å². The molecule has 0 atom stereocenters. The first kappa shape index (κ1) is 14.4. The van der Waals surface area contributed by atoms with Gasteiger partial charge in [0.25, 0.3) is 0 Å². The van der Waals surface area contributed by atoms with Gasteiger partial charge in [0.15, 0.2) is 0 Å². The van der Waals surface area contributed by atoms with Gasteiger partial charge in [0.2, 0.25) is 10.0 Å². The Labute approximate surface area is 106 Å². The van der Waals surface area contributed by atoms with Crippen molar-refractivity contribution < 1.29 is 13.5 Å². The number of sulfonamides is 1. The van der Waals surface area contributed by atoms with Crippen molar-refractivity contribution in [2.24, 2.45) is 0 Å². The molecule has 0 aliphatic rings. The van der Waals surface area contributed by atoms with Crippen molar-refractivity contribution in [3.05, 3.63) is 23.8 Å². The molecule has 7 heteroatoms. The summed E-state index contributed by atoms with van der Waals surface area (Å²) >= 11 is 0. The first-order valence-corrected chi connectivity index (χ1v) is 6.82. The number of nitrogens with zero attached hydrogens (tertiary/aromatic N) is 2. The number of likely N-dealkylation sites (N-methyl/N-ethyl adjacent to an activating group) is 1. The highest BCUT2D eigenvalue weighted by Gasteiger charge is 2.25. The second-order valence-electron chi connectivity index (χ2n) is 3.59. The van der Waals surface area contributed by atoms with Crippen LogP contribution in [0.4, 0.5) is 5.69 Å². The number of anilines is 1. The summed E-state index contributed by atoms with van der Waals surface area (Å²) in [5, 5.41) is 17.8. The van der Waals surface area contributed by atoms with Crippen LogP contribution in [0.1, 0.15) is 12.5 Å². The van der Waals surface area contributed by atoms with Crippen LogP contribution >= 0.6 is 0 Å². The Bertz CT molecular complexity index is 563. The summed E-state index contributed by atoms with van der Waals surface area (Å²) in [5.74, 6) is 0. The molecule has 18 heavy (non-hydrogen) atoms. The van der Waals surface area contributed by atoms with Crippen molar-refractivity contribution in [1.82, 2.24) is 4.31 Å². The molecule has 0 saturated heterocycles. The lowest BCUT2D eigenvalue weighted by Crippen LogP contribution is -2.33. The highest BCUT2D eigenvalue weighted by molar-refractivity contribution is 7.89. The van der Waals surface area contributed by atoms with Crippen LogP contribution in [-0.4, -0.2) is 37.5 Å². The Morgan fingerprint density at radius 2 is 2.17 bits per heavy atom. The zero-order chi connectivity index (χ0) is 13.8. The number of nitrogens with two attached hydrogens (primary N) is 1. The molecule has 1 aromatic carbocycles. The monoisotopic (exact) mass is 269 g/mol. The largest absolute Gasteiger partial charge is 0.399 e. The van der Waals surface area contributed by atoms with Gasteiger partial charge < -0.3 is 10.8 Å². The van der Waals surface area contributed by atoms with Crippen LogP contribution in [0.15, 0.2) is 23.1 Å². The van der Waals surface area contributed by atoms with Crippen molar-refractivity contribution in [3.8, 4) is 6.07 Å². The van der Waals surface area contributed by atoms with Crippen LogP contribution in [-0.2, 0) is 10.0 Å². The standard InChI is InChI=1S/C11H15N3O3S/c1-2-14(5-6-15)18(16,17)11-4-3-10(13)7-9(11)8-12/h3-4,7,15H,2,5-6,13H2,1H3. The molecular weight excluding hydrogens is 254 g/mol. The molecule has 0 radical (unpaired) electrons. The number of rotatable bonds is 5. The van der Waals surface area contributed by atoms with Crippen LogP contribution in [0, 0.1) is 11.3 Å². The lowest BCUT2D eigenvalue weighted by atomic mass is 10.2. The molecule has 0 bridgehead atoms. The maximum atomic E-state index is 12.3. The quantitative estimate of drug-likeness (QED) is 0.739. The van der Waals surface area contributed by atoms with Crippen LogP contribution in [0.2, 0.25) is 0 Å². The fraction of sp³-hybridized carbons (Fsp3) is 0.364. The Hall–Kier alpha value is -1.62. The van der Waals surface area contributed by atoms with Crippen molar-refractivity contribution >= 4 is 15.7 Å². The predicted octanol–water partition coefficient (Wildman–Crippen LogP) is 0.143. The third-order valence-electron chi connectivity index (χ3n) is 2.44. The summed E-state index contributed by atoms with van der Waals surface area (Å²) in [4.78, 5) is -0.0884. The van der Waals surface area contributed by atoms with E-state index >= 15 is 0 Å². The van der Waals surface area contributed by atoms with Crippen LogP contribution in [0.5, 0.6) is 0 Å². The Morgan fingerprint density at radius 3 is 2.67 bits per heavy atom. The molecule has 3 N–H and O–H groups in total. The summed E-state index contributed by atoms with van der Waals surface area (Å²) in [6.45, 7) is 1.60. The average molecular weight is 269 g/mol. The van der Waals surface area contributed by atoms with Gasteiger partial charge in [-0.05, 0) is 18.2 Å². The number of nitriles is 1. The Morgan fingerprint density at radius 1 is 1.50 bits per heavy atom. The SMILES string of the molecule is CCN(CCO)S(=O)(=O)c1ccc(N)cc1C#N. The number of hydrogen-bond donors (Lipinski definition) is 2. The lowest BCUT2D eigenvalue weighted by molar-refractivity contribution is 0.257. The van der Waals surface area contributed by atoms with Crippen LogP contribution in [0.25, 0.3) is 0 Å². The smallest absolute Gasteiger partial charge is 0.244 e. The average Bonchev–Trinajstić information content (AvgIpc) is 2.35. The lowest BCUT2D eigenvalue weighted by Gasteiger charge is -2.20. The molecule has 0 aliphatic heterocycles. The minimum absolute atomic E-state index is 0.00587. The second-order valence-corrected chi connectivity index (χ2v) is 5.49. The third-order valence-corrected chi connectivity index (χ3v) is 4.48. The van der Waals surface area contributed by atoms with E-state index in [0.717, 1.165) is 4.31 Å². The third kappa shape index (κ3) is 2.79. The molecule has 0 saturated carbocycles. The molecule has 98 valence electrons. The molecule has 1 aromatic rings. The molecule has 0 amide bonds. The van der Waals surface area contributed by atoms with E-state index in [0.29, 0.717) is 5.69 Å². The summed E-state index contributed by atoms with van der Waals surface area (Å²) in [5.41, 5.74) is 5.85. The normalized spacial score (nSPS) is 11.4. The molecule has 1 rings (SSSR count). The first-order chi connectivity index (χ1) is 8.47. The van der Waals surface area contributed by atoms with Gasteiger partial charge in [-0.2, -0.15) is 9.57 Å². The molecule has 6 nitrogen and oxygen atoms in total. The topological polar surface area (TPSA) is 107 Å². The maximum Gasteiger partial charge on any atom is 0.244 e. The Kier molecular flexibility index (Phi) is 4.67. The van der Waals surface area contributed by atoms with E-state index in [2.05, 4.69) is 0 Å². The molecule has 0 spiro atoms. The highest BCUT2D eigenvalue weighted by atomic mass is 32.2. The molecular formula is C11H15N3O3S. The fourth-order valence-corrected chi connectivity index (χ4v) is 3.12. The van der Waals surface area contributed by atoms with Crippen molar-refractivity contribution in [3.63, 3.8) is 0 Å². The molecule has 0 fully saturated rings. The van der Waals surface area contributed by atoms with E-state index in [1.54, 1.807) is 6.92 Å². The summed E-state index contributed by atoms with van der Waals surface area (Å²) in [6, 6.07) is 5.87. The van der Waals surface area contributed by atoms with Crippen molar-refractivity contribution in [2.45, 2.75) is 11.8 Å². The molecule has 0 aromatic heterocycles. The van der Waals surface area contributed by atoms with Crippen LogP contribution in [0.3, 0.4) is 0 Å². The fourth-order valence-electron chi connectivity index (χ4n) is 1.56. The predicted molar refractivity (Wildman–Crippen MR) is 67.1 cm³/mol. The minimum Gasteiger partial charge on any atom is -0.399 e. The van der Waals surface area contributed by atoms with Gasteiger partial charge in [-0.15, -0.1) is 0 Å². The first-order valence-electron chi connectivity index (χ1n) is 5.38. The number of benzene rings is 1. The summed E-state index contributed by atoms with van der Waals surface area (Å²) < 4.78 is 25.6. The minimum atomic E-state index is -3.78. The maximum absolute atomic E-state index is 12.3. The van der Waals surface area contributed by atoms with Gasteiger partial charge in [-0.3, -0.25) is 0 Å². The number of nitrogen functional groups attached to an aromatic ring is 1. The van der Waals surface area contributed by atoms with E-state index in [1.807, 2.05) is 6.07 Å². The van der Waals surface area contributed by atoms with E-state index in [9.17, 15) is 8.42 Å². The van der Waals surface area contributed by atoms with Crippen molar-refractivity contribution in [1.29, 1.82) is 5.26 Å². The second kappa shape index (κ2) is 5.82. The van der Waals surface area contributed by atoms with Gasteiger partial charge >= 0.3 is 0 Å². The number of aliphatic hydroxyl groups excluding tert-OH is 1. The number of hydrogen-bond acceptors (Lipinski definition) is 5. The summed E-state index contributed by atoms with van der Waals surface area (Å²) in [7, 11) is -3.78. The van der Waals surface area contributed by atoms with Crippen molar-refractivity contribution in [2.75, 3.05) is 25.4 Å². The van der Waals surface area contributed by atoms with E-state index < -0.39 is 10.0 Å². The van der Waals surface area contributed by atoms with Gasteiger partial charge in [-0.25, -0.2) is 8.42 Å². The van der Waals surface area contributed by atoms with E-state index in [1.165, 1.54) is 18.2 Å². The summed E-state index contributed by atoms with van der Waals surface area (Å²) in [6.07, 6.45) is 0. The van der Waals surface area contributed by atoms with Gasteiger partial charge in [-0.1, -0.05) is 6.92 Å². The van der Waals surface area contributed by atoms with E-state index in [-0.39, 0.29) is 30.2 Å². The molecule has 0 heterocycles. The highest BCUT2D eigenvalue weighted by Crippen LogP contribution is 2.21. The van der Waals surface area contributed by atoms with Gasteiger partial charge in [0.1, 0.15) is 11.0 Å². The zero-order valence-electron chi connectivity index (χ0n) is 10.00. The molecule has 0 unspecified atom stereocenters. The Balaban J connectivity index is 3.32. The molecule has 0 aliphatic carbocycles.